The molecule has 1 amide bonds. The zero-order valence-electron chi connectivity index (χ0n) is 9.77. The number of carbonyl (C=O) groups excluding carboxylic acids is 1. The summed E-state index contributed by atoms with van der Waals surface area (Å²) in [6, 6.07) is 7.29. The van der Waals surface area contributed by atoms with E-state index in [0.717, 1.165) is 5.56 Å². The first kappa shape index (κ1) is 13.1. The zero-order valence-corrected chi connectivity index (χ0v) is 9.77. The second kappa shape index (κ2) is 6.56. The number of ether oxygens (including phenoxy) is 1. The standard InChI is InChI=1S/C13H16N2O2/c1-3-8-15-13(16)10(2)17-12-6-4-11(9-14)5-7-12/h1,4-7,10H,8-9,14H2,2H3,(H,15,16). The minimum absolute atomic E-state index is 0.207. The molecule has 0 heterocycles. The number of nitrogens with two attached hydrogens (primary N) is 1. The van der Waals surface area contributed by atoms with E-state index in [2.05, 4.69) is 11.2 Å². The first-order valence-corrected chi connectivity index (χ1v) is 5.34. The van der Waals surface area contributed by atoms with Gasteiger partial charge in [-0.1, -0.05) is 18.1 Å². The van der Waals surface area contributed by atoms with Gasteiger partial charge in [0.25, 0.3) is 5.91 Å². The number of amides is 1. The Morgan fingerprint density at radius 2 is 2.18 bits per heavy atom. The first-order valence-electron chi connectivity index (χ1n) is 5.34. The van der Waals surface area contributed by atoms with Crippen molar-refractivity contribution in [1.82, 2.24) is 5.32 Å². The quantitative estimate of drug-likeness (QED) is 0.733. The number of hydrogen-bond acceptors (Lipinski definition) is 3. The molecule has 0 aliphatic carbocycles. The van der Waals surface area contributed by atoms with Gasteiger partial charge in [-0.05, 0) is 24.6 Å². The van der Waals surface area contributed by atoms with Crippen LogP contribution >= 0.6 is 0 Å². The van der Waals surface area contributed by atoms with Crippen molar-refractivity contribution >= 4 is 5.91 Å². The van der Waals surface area contributed by atoms with Crippen LogP contribution in [-0.4, -0.2) is 18.6 Å². The van der Waals surface area contributed by atoms with Crippen LogP contribution in [0.3, 0.4) is 0 Å². The Morgan fingerprint density at radius 3 is 2.71 bits per heavy atom. The Bertz CT molecular complexity index is 406. The van der Waals surface area contributed by atoms with Gasteiger partial charge in [0.05, 0.1) is 6.54 Å². The SMILES string of the molecule is C#CCNC(=O)C(C)Oc1ccc(CN)cc1. The maximum Gasteiger partial charge on any atom is 0.261 e. The summed E-state index contributed by atoms with van der Waals surface area (Å²) < 4.78 is 5.45. The molecule has 1 rings (SSSR count). The second-order valence-corrected chi connectivity index (χ2v) is 3.53. The third-order valence-corrected chi connectivity index (χ3v) is 2.21. The second-order valence-electron chi connectivity index (χ2n) is 3.53. The van der Waals surface area contributed by atoms with Gasteiger partial charge >= 0.3 is 0 Å². The fourth-order valence-electron chi connectivity index (χ4n) is 1.24. The molecule has 0 radical (unpaired) electrons. The van der Waals surface area contributed by atoms with Crippen LogP contribution in [0.4, 0.5) is 0 Å². The van der Waals surface area contributed by atoms with Crippen molar-refractivity contribution < 1.29 is 9.53 Å². The fraction of sp³-hybridized carbons (Fsp3) is 0.308. The van der Waals surface area contributed by atoms with E-state index in [9.17, 15) is 4.79 Å². The van der Waals surface area contributed by atoms with Crippen LogP contribution in [-0.2, 0) is 11.3 Å². The molecular formula is C13H16N2O2. The first-order chi connectivity index (χ1) is 8.17. The van der Waals surface area contributed by atoms with Crippen LogP contribution in [0.15, 0.2) is 24.3 Å². The molecule has 1 aromatic rings. The predicted molar refractivity (Wildman–Crippen MR) is 66.3 cm³/mol. The van der Waals surface area contributed by atoms with Crippen LogP contribution in [0, 0.1) is 12.3 Å². The fourth-order valence-corrected chi connectivity index (χ4v) is 1.24. The monoisotopic (exact) mass is 232 g/mol. The normalized spacial score (nSPS) is 11.4. The summed E-state index contributed by atoms with van der Waals surface area (Å²) in [4.78, 5) is 11.5. The lowest BCUT2D eigenvalue weighted by Gasteiger charge is -2.13. The molecule has 4 nitrogen and oxygen atoms in total. The summed E-state index contributed by atoms with van der Waals surface area (Å²) in [6.07, 6.45) is 4.47. The van der Waals surface area contributed by atoms with Gasteiger partial charge in [0.2, 0.25) is 0 Å². The number of benzene rings is 1. The van der Waals surface area contributed by atoms with Crippen molar-refractivity contribution in [3.8, 4) is 18.1 Å². The molecule has 0 saturated carbocycles. The highest BCUT2D eigenvalue weighted by atomic mass is 16.5. The highest BCUT2D eigenvalue weighted by Crippen LogP contribution is 2.13. The maximum atomic E-state index is 11.5. The Labute approximate surface area is 101 Å². The average Bonchev–Trinajstić information content (AvgIpc) is 2.36. The Hall–Kier alpha value is -1.99. The lowest BCUT2D eigenvalue weighted by Crippen LogP contribution is -2.36. The van der Waals surface area contributed by atoms with Crippen molar-refractivity contribution in [3.63, 3.8) is 0 Å². The van der Waals surface area contributed by atoms with Gasteiger partial charge in [0.1, 0.15) is 5.75 Å². The smallest absolute Gasteiger partial charge is 0.261 e. The van der Waals surface area contributed by atoms with Gasteiger partial charge in [-0.2, -0.15) is 0 Å². The molecule has 1 aromatic carbocycles. The lowest BCUT2D eigenvalue weighted by atomic mass is 10.2. The lowest BCUT2D eigenvalue weighted by molar-refractivity contribution is -0.126. The topological polar surface area (TPSA) is 64.3 Å². The molecular weight excluding hydrogens is 216 g/mol. The largest absolute Gasteiger partial charge is 0.481 e. The van der Waals surface area contributed by atoms with Crippen LogP contribution in [0.1, 0.15) is 12.5 Å². The average molecular weight is 232 g/mol. The van der Waals surface area contributed by atoms with E-state index >= 15 is 0 Å². The molecule has 1 atom stereocenters. The molecule has 0 spiro atoms. The summed E-state index contributed by atoms with van der Waals surface area (Å²) >= 11 is 0. The molecule has 3 N–H and O–H groups in total. The molecule has 1 unspecified atom stereocenters. The third-order valence-electron chi connectivity index (χ3n) is 2.21. The van der Waals surface area contributed by atoms with E-state index in [1.165, 1.54) is 0 Å². The number of nitrogens with one attached hydrogen (secondary N) is 1. The molecule has 0 saturated heterocycles. The molecule has 0 aromatic heterocycles. The highest BCUT2D eigenvalue weighted by Gasteiger charge is 2.13. The van der Waals surface area contributed by atoms with Crippen LogP contribution in [0.2, 0.25) is 0 Å². The molecule has 0 bridgehead atoms. The number of rotatable bonds is 5. The summed E-state index contributed by atoms with van der Waals surface area (Å²) in [6.45, 7) is 2.36. The van der Waals surface area contributed by atoms with Crippen LogP contribution in [0.5, 0.6) is 5.75 Å². The van der Waals surface area contributed by atoms with Gasteiger partial charge in [-0.15, -0.1) is 6.42 Å². The van der Waals surface area contributed by atoms with E-state index in [-0.39, 0.29) is 12.5 Å². The minimum atomic E-state index is -0.577. The third kappa shape index (κ3) is 4.17. The van der Waals surface area contributed by atoms with Crippen molar-refractivity contribution in [2.24, 2.45) is 5.73 Å². The van der Waals surface area contributed by atoms with Crippen molar-refractivity contribution in [1.29, 1.82) is 0 Å². The van der Waals surface area contributed by atoms with E-state index in [0.29, 0.717) is 12.3 Å². The summed E-state index contributed by atoms with van der Waals surface area (Å²) in [7, 11) is 0. The summed E-state index contributed by atoms with van der Waals surface area (Å²) in [5, 5.41) is 2.55. The number of hydrogen-bond donors (Lipinski definition) is 2. The maximum absolute atomic E-state index is 11.5. The number of terminal acetylenes is 1. The predicted octanol–water partition coefficient (Wildman–Crippen LogP) is 0.662. The Balaban J connectivity index is 2.52. The summed E-state index contributed by atoms with van der Waals surface area (Å²) in [5.41, 5.74) is 6.50. The van der Waals surface area contributed by atoms with Crippen LogP contribution in [0.25, 0.3) is 0 Å². The van der Waals surface area contributed by atoms with Crippen molar-refractivity contribution in [3.05, 3.63) is 29.8 Å². The zero-order chi connectivity index (χ0) is 12.7. The Kier molecular flexibility index (Phi) is 5.05. The highest BCUT2D eigenvalue weighted by molar-refractivity contribution is 5.80. The Morgan fingerprint density at radius 1 is 1.53 bits per heavy atom. The van der Waals surface area contributed by atoms with Crippen LogP contribution < -0.4 is 15.8 Å². The minimum Gasteiger partial charge on any atom is -0.481 e. The molecule has 4 heteroatoms. The number of carbonyl (C=O) groups is 1. The van der Waals surface area contributed by atoms with E-state index in [1.54, 1.807) is 19.1 Å². The molecule has 0 aliphatic rings. The van der Waals surface area contributed by atoms with Gasteiger partial charge in [-0.3, -0.25) is 4.79 Å². The van der Waals surface area contributed by atoms with E-state index < -0.39 is 6.10 Å². The van der Waals surface area contributed by atoms with Crippen molar-refractivity contribution in [2.45, 2.75) is 19.6 Å². The van der Waals surface area contributed by atoms with E-state index in [4.69, 9.17) is 16.9 Å². The molecule has 17 heavy (non-hydrogen) atoms. The molecule has 90 valence electrons. The van der Waals surface area contributed by atoms with Crippen molar-refractivity contribution in [2.75, 3.05) is 6.54 Å². The molecule has 0 fully saturated rings. The van der Waals surface area contributed by atoms with E-state index in [1.807, 2.05) is 12.1 Å². The van der Waals surface area contributed by atoms with Gasteiger partial charge in [0, 0.05) is 6.54 Å². The van der Waals surface area contributed by atoms with Gasteiger partial charge in [-0.25, -0.2) is 0 Å². The van der Waals surface area contributed by atoms with Gasteiger partial charge < -0.3 is 15.8 Å². The molecule has 0 aliphatic heterocycles. The van der Waals surface area contributed by atoms with Gasteiger partial charge in [0.15, 0.2) is 6.10 Å². The summed E-state index contributed by atoms with van der Waals surface area (Å²) in [5.74, 6) is 2.73.